The Balaban J connectivity index is 1.56. The van der Waals surface area contributed by atoms with Crippen LogP contribution in [-0.2, 0) is 13.5 Å². The van der Waals surface area contributed by atoms with Gasteiger partial charge < -0.3 is 5.32 Å². The van der Waals surface area contributed by atoms with Gasteiger partial charge in [0, 0.05) is 49.6 Å². The molecule has 0 aliphatic heterocycles. The van der Waals surface area contributed by atoms with Gasteiger partial charge in [0.05, 0.1) is 0 Å². The smallest absolute Gasteiger partial charge is 0.129 e. The standard InChI is InChI=1S/C13H17N5/c1-18-11(5-7-17-18)4-6-14-13-8-12(10-2-3-10)15-9-16-13/h5,7-10H,2-4,6H2,1H3,(H,14,15,16). The van der Waals surface area contributed by atoms with Crippen LogP contribution in [0.4, 0.5) is 5.82 Å². The van der Waals surface area contributed by atoms with Gasteiger partial charge in [-0.1, -0.05) is 0 Å². The van der Waals surface area contributed by atoms with E-state index in [2.05, 4.69) is 26.4 Å². The van der Waals surface area contributed by atoms with Crippen molar-refractivity contribution >= 4 is 5.82 Å². The number of aryl methyl sites for hydroxylation is 1. The Bertz CT molecular complexity index is 530. The fourth-order valence-electron chi connectivity index (χ4n) is 2.04. The molecule has 2 aromatic heterocycles. The number of hydrogen-bond acceptors (Lipinski definition) is 4. The van der Waals surface area contributed by atoms with Gasteiger partial charge >= 0.3 is 0 Å². The van der Waals surface area contributed by atoms with Gasteiger partial charge in [0.25, 0.3) is 0 Å². The predicted octanol–water partition coefficient (Wildman–Crippen LogP) is 1.74. The van der Waals surface area contributed by atoms with Crippen molar-refractivity contribution in [3.05, 3.63) is 36.0 Å². The number of hydrogen-bond donors (Lipinski definition) is 1. The van der Waals surface area contributed by atoms with E-state index in [4.69, 9.17) is 0 Å². The number of rotatable bonds is 5. The summed E-state index contributed by atoms with van der Waals surface area (Å²) >= 11 is 0. The summed E-state index contributed by atoms with van der Waals surface area (Å²) < 4.78 is 1.90. The monoisotopic (exact) mass is 243 g/mol. The third-order valence-corrected chi connectivity index (χ3v) is 3.29. The number of anilines is 1. The molecule has 0 amide bonds. The van der Waals surface area contributed by atoms with Gasteiger partial charge in [-0.15, -0.1) is 0 Å². The summed E-state index contributed by atoms with van der Waals surface area (Å²) in [5.74, 6) is 1.60. The first-order chi connectivity index (χ1) is 8.83. The van der Waals surface area contributed by atoms with Gasteiger partial charge in [0.1, 0.15) is 12.1 Å². The zero-order valence-corrected chi connectivity index (χ0v) is 10.5. The highest BCUT2D eigenvalue weighted by Gasteiger charge is 2.25. The molecule has 1 saturated carbocycles. The van der Waals surface area contributed by atoms with E-state index in [0.717, 1.165) is 18.8 Å². The molecule has 1 N–H and O–H groups in total. The summed E-state index contributed by atoms with van der Waals surface area (Å²) in [5.41, 5.74) is 2.40. The molecule has 3 rings (SSSR count). The highest BCUT2D eigenvalue weighted by atomic mass is 15.3. The van der Waals surface area contributed by atoms with Gasteiger partial charge in [-0.25, -0.2) is 9.97 Å². The predicted molar refractivity (Wildman–Crippen MR) is 69.4 cm³/mol. The highest BCUT2D eigenvalue weighted by Crippen LogP contribution is 2.39. The molecule has 0 spiro atoms. The zero-order valence-electron chi connectivity index (χ0n) is 10.5. The van der Waals surface area contributed by atoms with E-state index in [1.165, 1.54) is 24.2 Å². The largest absolute Gasteiger partial charge is 0.370 e. The highest BCUT2D eigenvalue weighted by molar-refractivity contribution is 5.36. The van der Waals surface area contributed by atoms with Crippen LogP contribution in [0.15, 0.2) is 24.7 Å². The third kappa shape index (κ3) is 2.50. The molecule has 5 nitrogen and oxygen atoms in total. The molecule has 0 aromatic carbocycles. The Hall–Kier alpha value is -1.91. The van der Waals surface area contributed by atoms with Crippen LogP contribution in [0.2, 0.25) is 0 Å². The molecule has 1 aliphatic carbocycles. The maximum absolute atomic E-state index is 4.31. The number of nitrogens with zero attached hydrogens (tertiary/aromatic N) is 4. The minimum Gasteiger partial charge on any atom is -0.370 e. The van der Waals surface area contributed by atoms with Gasteiger partial charge in [-0.05, 0) is 18.9 Å². The van der Waals surface area contributed by atoms with Crippen LogP contribution in [0.25, 0.3) is 0 Å². The molecule has 5 heteroatoms. The lowest BCUT2D eigenvalue weighted by Crippen LogP contribution is -2.09. The van der Waals surface area contributed by atoms with Crippen LogP contribution in [-0.4, -0.2) is 26.3 Å². The molecule has 0 radical (unpaired) electrons. The molecule has 2 heterocycles. The van der Waals surface area contributed by atoms with E-state index >= 15 is 0 Å². The molecule has 1 aliphatic rings. The van der Waals surface area contributed by atoms with E-state index in [-0.39, 0.29) is 0 Å². The summed E-state index contributed by atoms with van der Waals surface area (Å²) in [6.07, 6.45) is 6.96. The fraction of sp³-hybridized carbons (Fsp3) is 0.462. The van der Waals surface area contributed by atoms with Gasteiger partial charge in [0.2, 0.25) is 0 Å². The maximum Gasteiger partial charge on any atom is 0.129 e. The second kappa shape index (κ2) is 4.76. The van der Waals surface area contributed by atoms with Crippen LogP contribution in [0.1, 0.15) is 30.1 Å². The average Bonchev–Trinajstić information content (AvgIpc) is 3.15. The molecule has 1 fully saturated rings. The van der Waals surface area contributed by atoms with E-state index in [1.54, 1.807) is 6.33 Å². The second-order valence-electron chi connectivity index (χ2n) is 4.73. The minimum atomic E-state index is 0.672. The molecule has 18 heavy (non-hydrogen) atoms. The Morgan fingerprint density at radius 2 is 2.28 bits per heavy atom. The van der Waals surface area contributed by atoms with Crippen LogP contribution < -0.4 is 5.32 Å². The van der Waals surface area contributed by atoms with Crippen molar-refractivity contribution in [1.82, 2.24) is 19.7 Å². The lowest BCUT2D eigenvalue weighted by molar-refractivity contribution is 0.711. The Labute approximate surface area is 106 Å². The van der Waals surface area contributed by atoms with Crippen LogP contribution in [0.5, 0.6) is 0 Å². The second-order valence-corrected chi connectivity index (χ2v) is 4.73. The van der Waals surface area contributed by atoms with Gasteiger partial charge in [0.15, 0.2) is 0 Å². The average molecular weight is 243 g/mol. The fourth-order valence-corrected chi connectivity index (χ4v) is 2.04. The Morgan fingerprint density at radius 3 is 3.00 bits per heavy atom. The molecule has 0 unspecified atom stereocenters. The van der Waals surface area contributed by atoms with Crippen LogP contribution in [0.3, 0.4) is 0 Å². The van der Waals surface area contributed by atoms with Crippen LogP contribution in [0, 0.1) is 0 Å². The quantitative estimate of drug-likeness (QED) is 0.869. The molecule has 94 valence electrons. The van der Waals surface area contributed by atoms with Crippen molar-refractivity contribution in [1.29, 1.82) is 0 Å². The van der Waals surface area contributed by atoms with Crippen molar-refractivity contribution < 1.29 is 0 Å². The molecule has 2 aromatic rings. The molecule has 0 atom stereocenters. The van der Waals surface area contributed by atoms with E-state index in [1.807, 2.05) is 24.0 Å². The number of nitrogens with one attached hydrogen (secondary N) is 1. The topological polar surface area (TPSA) is 55.6 Å². The molecular formula is C13H17N5. The Kier molecular flexibility index (Phi) is 2.96. The van der Waals surface area contributed by atoms with Crippen molar-refractivity contribution in [3.8, 4) is 0 Å². The van der Waals surface area contributed by atoms with Gasteiger partial charge in [-0.3, -0.25) is 4.68 Å². The maximum atomic E-state index is 4.31. The summed E-state index contributed by atoms with van der Waals surface area (Å²) in [6.45, 7) is 0.862. The summed E-state index contributed by atoms with van der Waals surface area (Å²) in [7, 11) is 1.96. The molecule has 0 bridgehead atoms. The van der Waals surface area contributed by atoms with Crippen LogP contribution >= 0.6 is 0 Å². The first-order valence-corrected chi connectivity index (χ1v) is 6.35. The lowest BCUT2D eigenvalue weighted by atomic mass is 10.2. The first-order valence-electron chi connectivity index (χ1n) is 6.35. The summed E-state index contributed by atoms with van der Waals surface area (Å²) in [5, 5.41) is 7.49. The lowest BCUT2D eigenvalue weighted by Gasteiger charge is -2.06. The first kappa shape index (κ1) is 11.2. The van der Waals surface area contributed by atoms with Crippen molar-refractivity contribution in [2.24, 2.45) is 7.05 Å². The third-order valence-electron chi connectivity index (χ3n) is 3.29. The zero-order chi connectivity index (χ0) is 12.4. The van der Waals surface area contributed by atoms with Gasteiger partial charge in [-0.2, -0.15) is 5.10 Å². The van der Waals surface area contributed by atoms with Crippen molar-refractivity contribution in [3.63, 3.8) is 0 Å². The minimum absolute atomic E-state index is 0.672. The molecular weight excluding hydrogens is 226 g/mol. The van der Waals surface area contributed by atoms with Crippen molar-refractivity contribution in [2.75, 3.05) is 11.9 Å². The van der Waals surface area contributed by atoms with Crippen molar-refractivity contribution in [2.45, 2.75) is 25.2 Å². The van der Waals surface area contributed by atoms with E-state index in [9.17, 15) is 0 Å². The molecule has 0 saturated heterocycles. The normalized spacial score (nSPS) is 14.7. The summed E-state index contributed by atoms with van der Waals surface area (Å²) in [6, 6.07) is 4.11. The van der Waals surface area contributed by atoms with E-state index < -0.39 is 0 Å². The summed E-state index contributed by atoms with van der Waals surface area (Å²) in [4.78, 5) is 8.55. The van der Waals surface area contributed by atoms with E-state index in [0.29, 0.717) is 5.92 Å². The number of aromatic nitrogens is 4. The SMILES string of the molecule is Cn1nccc1CCNc1cc(C2CC2)ncn1. The Morgan fingerprint density at radius 1 is 1.39 bits per heavy atom.